The summed E-state index contributed by atoms with van der Waals surface area (Å²) >= 11 is 1.53. The molecule has 0 radical (unpaired) electrons. The van der Waals surface area contributed by atoms with Crippen molar-refractivity contribution < 1.29 is 9.53 Å². The van der Waals surface area contributed by atoms with Gasteiger partial charge in [-0.2, -0.15) is 0 Å². The standard InChI is InChI=1S/C15H22N2O2S/c1-14(2)12(9-15(14,3)19-4)17-13(18)10-20-11-5-7-16-8-6-11/h5-8,12H,9-10H2,1-4H3,(H,17,18)/t12-,15+/m1/s1. The van der Waals surface area contributed by atoms with Crippen LogP contribution in [0.3, 0.4) is 0 Å². The second kappa shape index (κ2) is 5.74. The predicted octanol–water partition coefficient (Wildman–Crippen LogP) is 2.49. The highest BCUT2D eigenvalue weighted by Crippen LogP contribution is 2.51. The molecular weight excluding hydrogens is 272 g/mol. The molecule has 2 atom stereocenters. The molecule has 110 valence electrons. The highest BCUT2D eigenvalue weighted by molar-refractivity contribution is 8.00. The summed E-state index contributed by atoms with van der Waals surface area (Å²) in [5.74, 6) is 0.503. The van der Waals surface area contributed by atoms with Gasteiger partial charge < -0.3 is 10.1 Å². The van der Waals surface area contributed by atoms with Gasteiger partial charge in [0.25, 0.3) is 0 Å². The number of nitrogens with zero attached hydrogens (tertiary/aromatic N) is 1. The van der Waals surface area contributed by atoms with E-state index in [-0.39, 0.29) is 23.0 Å². The molecule has 1 aromatic heterocycles. The van der Waals surface area contributed by atoms with Crippen LogP contribution < -0.4 is 5.32 Å². The summed E-state index contributed by atoms with van der Waals surface area (Å²) in [5.41, 5.74) is -0.193. The largest absolute Gasteiger partial charge is 0.378 e. The van der Waals surface area contributed by atoms with E-state index in [9.17, 15) is 4.79 Å². The van der Waals surface area contributed by atoms with Crippen LogP contribution in [0.15, 0.2) is 29.4 Å². The molecule has 20 heavy (non-hydrogen) atoms. The molecule has 1 aliphatic rings. The smallest absolute Gasteiger partial charge is 0.230 e. The zero-order chi connectivity index (χ0) is 14.8. The topological polar surface area (TPSA) is 51.2 Å². The fourth-order valence-electron chi connectivity index (χ4n) is 2.54. The quantitative estimate of drug-likeness (QED) is 0.848. The van der Waals surface area contributed by atoms with E-state index < -0.39 is 0 Å². The first-order valence-electron chi connectivity index (χ1n) is 6.76. The number of hydrogen-bond acceptors (Lipinski definition) is 4. The molecule has 0 aromatic carbocycles. The first-order chi connectivity index (χ1) is 9.39. The van der Waals surface area contributed by atoms with E-state index in [4.69, 9.17) is 4.74 Å². The van der Waals surface area contributed by atoms with Crippen LogP contribution in [0.25, 0.3) is 0 Å². The number of rotatable bonds is 5. The molecular formula is C15H22N2O2S. The van der Waals surface area contributed by atoms with E-state index in [0.717, 1.165) is 11.3 Å². The third-order valence-electron chi connectivity index (χ3n) is 4.63. The third kappa shape index (κ3) is 2.83. The Bertz CT molecular complexity index is 478. The number of thioether (sulfide) groups is 1. The Kier molecular flexibility index (Phi) is 4.39. The average molecular weight is 294 g/mol. The molecule has 5 heteroatoms. The minimum Gasteiger partial charge on any atom is -0.378 e. The molecule has 1 fully saturated rings. The molecule has 2 rings (SSSR count). The number of amides is 1. The van der Waals surface area contributed by atoms with Crippen molar-refractivity contribution in [3.63, 3.8) is 0 Å². The number of carbonyl (C=O) groups is 1. The van der Waals surface area contributed by atoms with Gasteiger partial charge in [0, 0.05) is 35.9 Å². The van der Waals surface area contributed by atoms with E-state index in [0.29, 0.717) is 5.75 Å². The highest BCUT2D eigenvalue weighted by atomic mass is 32.2. The molecule has 1 aromatic rings. The van der Waals surface area contributed by atoms with E-state index in [1.807, 2.05) is 12.1 Å². The molecule has 0 spiro atoms. The number of hydrogen-bond donors (Lipinski definition) is 1. The fraction of sp³-hybridized carbons (Fsp3) is 0.600. The zero-order valence-corrected chi connectivity index (χ0v) is 13.3. The van der Waals surface area contributed by atoms with Crippen LogP contribution in [0, 0.1) is 5.41 Å². The minimum absolute atomic E-state index is 0.0429. The maximum Gasteiger partial charge on any atom is 0.230 e. The van der Waals surface area contributed by atoms with Crippen molar-refractivity contribution in [2.75, 3.05) is 12.9 Å². The van der Waals surface area contributed by atoms with Gasteiger partial charge in [0.15, 0.2) is 0 Å². The first kappa shape index (κ1) is 15.3. The van der Waals surface area contributed by atoms with Gasteiger partial charge in [-0.05, 0) is 25.5 Å². The lowest BCUT2D eigenvalue weighted by atomic mass is 9.56. The van der Waals surface area contributed by atoms with Gasteiger partial charge in [-0.25, -0.2) is 0 Å². The van der Waals surface area contributed by atoms with Crippen LogP contribution in [0.2, 0.25) is 0 Å². The summed E-state index contributed by atoms with van der Waals surface area (Å²) in [6.07, 6.45) is 4.33. The predicted molar refractivity (Wildman–Crippen MR) is 80.7 cm³/mol. The summed E-state index contributed by atoms with van der Waals surface area (Å²) < 4.78 is 5.57. The van der Waals surface area contributed by atoms with Crippen LogP contribution in [0.5, 0.6) is 0 Å². The van der Waals surface area contributed by atoms with Gasteiger partial charge >= 0.3 is 0 Å². The molecule has 0 saturated heterocycles. The monoisotopic (exact) mass is 294 g/mol. The Balaban J connectivity index is 1.82. The molecule has 0 bridgehead atoms. The minimum atomic E-state index is -0.150. The Morgan fingerprint density at radius 3 is 2.65 bits per heavy atom. The van der Waals surface area contributed by atoms with E-state index >= 15 is 0 Å². The van der Waals surface area contributed by atoms with Crippen LogP contribution >= 0.6 is 11.8 Å². The lowest BCUT2D eigenvalue weighted by molar-refractivity contribution is -0.182. The molecule has 4 nitrogen and oxygen atoms in total. The number of pyridine rings is 1. The van der Waals surface area contributed by atoms with Gasteiger partial charge in [-0.1, -0.05) is 13.8 Å². The SMILES string of the molecule is CO[C@@]1(C)C[C@@H](NC(=O)CSc2ccncc2)C1(C)C. The summed E-state index contributed by atoms with van der Waals surface area (Å²) in [6, 6.07) is 4.00. The number of ether oxygens (including phenoxy) is 1. The maximum atomic E-state index is 12.0. The van der Waals surface area contributed by atoms with Crippen molar-refractivity contribution >= 4 is 17.7 Å². The molecule has 1 heterocycles. The lowest BCUT2D eigenvalue weighted by Crippen LogP contribution is -2.68. The van der Waals surface area contributed by atoms with Crippen molar-refractivity contribution in [3.05, 3.63) is 24.5 Å². The normalized spacial score (nSPS) is 27.7. The molecule has 0 unspecified atom stereocenters. The fourth-order valence-corrected chi connectivity index (χ4v) is 3.24. The maximum absolute atomic E-state index is 12.0. The highest BCUT2D eigenvalue weighted by Gasteiger charge is 2.58. The molecule has 1 aliphatic carbocycles. The van der Waals surface area contributed by atoms with Gasteiger partial charge in [-0.15, -0.1) is 11.8 Å². The lowest BCUT2D eigenvalue weighted by Gasteiger charge is -2.59. The van der Waals surface area contributed by atoms with Gasteiger partial charge in [0.2, 0.25) is 5.91 Å². The third-order valence-corrected chi connectivity index (χ3v) is 5.65. The Morgan fingerprint density at radius 2 is 2.10 bits per heavy atom. The zero-order valence-electron chi connectivity index (χ0n) is 12.5. The summed E-state index contributed by atoms with van der Waals surface area (Å²) in [7, 11) is 1.74. The molecule has 1 saturated carbocycles. The van der Waals surface area contributed by atoms with Gasteiger partial charge in [0.05, 0.1) is 11.4 Å². The van der Waals surface area contributed by atoms with Crippen LogP contribution in [0.4, 0.5) is 0 Å². The van der Waals surface area contributed by atoms with Gasteiger partial charge in [0.1, 0.15) is 0 Å². The van der Waals surface area contributed by atoms with Crippen molar-refractivity contribution in [3.8, 4) is 0 Å². The molecule has 1 N–H and O–H groups in total. The second-order valence-corrected chi connectivity index (χ2v) is 7.00. The van der Waals surface area contributed by atoms with E-state index in [1.54, 1.807) is 19.5 Å². The number of methoxy groups -OCH3 is 1. The van der Waals surface area contributed by atoms with E-state index in [2.05, 4.69) is 31.1 Å². The van der Waals surface area contributed by atoms with Crippen LogP contribution in [-0.2, 0) is 9.53 Å². The number of nitrogens with one attached hydrogen (secondary N) is 1. The number of aromatic nitrogens is 1. The average Bonchev–Trinajstić information content (AvgIpc) is 2.45. The Morgan fingerprint density at radius 1 is 1.45 bits per heavy atom. The van der Waals surface area contributed by atoms with Gasteiger partial charge in [-0.3, -0.25) is 9.78 Å². The van der Waals surface area contributed by atoms with Crippen LogP contribution in [0.1, 0.15) is 27.2 Å². The summed E-state index contributed by atoms with van der Waals surface area (Å²) in [6.45, 7) is 6.38. The Hall–Kier alpha value is -1.07. The van der Waals surface area contributed by atoms with Crippen molar-refractivity contribution in [1.82, 2.24) is 10.3 Å². The molecule has 0 aliphatic heterocycles. The Labute approximate surface area is 124 Å². The summed E-state index contributed by atoms with van der Waals surface area (Å²) in [5, 5.41) is 3.11. The number of carbonyl (C=O) groups excluding carboxylic acids is 1. The van der Waals surface area contributed by atoms with Crippen LogP contribution in [-0.4, -0.2) is 35.4 Å². The van der Waals surface area contributed by atoms with E-state index in [1.165, 1.54) is 11.8 Å². The van der Waals surface area contributed by atoms with Crippen molar-refractivity contribution in [2.24, 2.45) is 5.41 Å². The second-order valence-electron chi connectivity index (χ2n) is 5.95. The van der Waals surface area contributed by atoms with Crippen molar-refractivity contribution in [2.45, 2.75) is 43.7 Å². The summed E-state index contributed by atoms with van der Waals surface area (Å²) in [4.78, 5) is 17.0. The molecule has 1 amide bonds. The van der Waals surface area contributed by atoms with Crippen molar-refractivity contribution in [1.29, 1.82) is 0 Å². The first-order valence-corrected chi connectivity index (χ1v) is 7.75.